The van der Waals surface area contributed by atoms with Crippen LogP contribution in [-0.4, -0.2) is 64.5 Å². The molecule has 8 nitrogen and oxygen atoms in total. The van der Waals surface area contributed by atoms with Crippen LogP contribution in [0.2, 0.25) is 0 Å². The van der Waals surface area contributed by atoms with Crippen molar-refractivity contribution in [2.45, 2.75) is 39.2 Å². The van der Waals surface area contributed by atoms with Crippen LogP contribution in [-0.2, 0) is 11.3 Å². The fourth-order valence-electron chi connectivity index (χ4n) is 4.87. The SMILES string of the molecule is Cc1ncnc(N2CC3CN(Cc4nnc(C5CCOCC5)o4)CC3C2)c1C. The smallest absolute Gasteiger partial charge is 0.230 e. The lowest BCUT2D eigenvalue weighted by molar-refractivity contribution is 0.0788. The maximum absolute atomic E-state index is 5.98. The molecule has 8 heteroatoms. The second kappa shape index (κ2) is 7.40. The molecule has 0 amide bonds. The van der Waals surface area contributed by atoms with Gasteiger partial charge < -0.3 is 14.1 Å². The summed E-state index contributed by atoms with van der Waals surface area (Å²) >= 11 is 0. The minimum absolute atomic E-state index is 0.362. The molecule has 3 aliphatic heterocycles. The second-order valence-corrected chi connectivity index (χ2v) is 8.45. The number of fused-ring (bicyclic) bond motifs is 1. The van der Waals surface area contributed by atoms with E-state index in [1.165, 1.54) is 5.56 Å². The third-order valence-corrected chi connectivity index (χ3v) is 6.58. The maximum atomic E-state index is 5.98. The Hall–Kier alpha value is -2.06. The molecule has 0 bridgehead atoms. The number of hydrogen-bond donors (Lipinski definition) is 0. The Labute approximate surface area is 165 Å². The molecule has 0 saturated carbocycles. The molecule has 0 aliphatic carbocycles. The number of hydrogen-bond acceptors (Lipinski definition) is 8. The van der Waals surface area contributed by atoms with Crippen molar-refractivity contribution in [3.05, 3.63) is 29.4 Å². The van der Waals surface area contributed by atoms with Gasteiger partial charge in [0, 0.05) is 56.6 Å². The van der Waals surface area contributed by atoms with Crippen LogP contribution >= 0.6 is 0 Å². The van der Waals surface area contributed by atoms with Crippen molar-refractivity contribution in [3.63, 3.8) is 0 Å². The number of likely N-dealkylation sites (tertiary alicyclic amines) is 1. The lowest BCUT2D eigenvalue weighted by Gasteiger charge is -2.23. The van der Waals surface area contributed by atoms with Crippen LogP contribution in [0.4, 0.5) is 5.82 Å². The van der Waals surface area contributed by atoms with Gasteiger partial charge in [-0.1, -0.05) is 0 Å². The van der Waals surface area contributed by atoms with Gasteiger partial charge in [-0.25, -0.2) is 9.97 Å². The van der Waals surface area contributed by atoms with Crippen molar-refractivity contribution in [1.29, 1.82) is 0 Å². The Morgan fingerprint density at radius 3 is 2.50 bits per heavy atom. The average Bonchev–Trinajstić information content (AvgIpc) is 3.40. The van der Waals surface area contributed by atoms with E-state index in [0.29, 0.717) is 17.8 Å². The van der Waals surface area contributed by atoms with Crippen LogP contribution in [0.1, 0.15) is 41.8 Å². The van der Waals surface area contributed by atoms with Gasteiger partial charge in [-0.2, -0.15) is 0 Å². The molecule has 2 atom stereocenters. The van der Waals surface area contributed by atoms with Crippen LogP contribution < -0.4 is 4.90 Å². The van der Waals surface area contributed by atoms with Crippen molar-refractivity contribution in [2.75, 3.05) is 44.3 Å². The molecule has 3 saturated heterocycles. The third kappa shape index (κ3) is 3.39. The highest BCUT2D eigenvalue weighted by Crippen LogP contribution is 2.35. The quantitative estimate of drug-likeness (QED) is 0.791. The van der Waals surface area contributed by atoms with Gasteiger partial charge in [0.05, 0.1) is 6.54 Å². The van der Waals surface area contributed by atoms with E-state index in [0.717, 1.165) is 82.1 Å². The van der Waals surface area contributed by atoms with E-state index in [1.54, 1.807) is 6.33 Å². The van der Waals surface area contributed by atoms with E-state index in [-0.39, 0.29) is 0 Å². The van der Waals surface area contributed by atoms with E-state index in [9.17, 15) is 0 Å². The third-order valence-electron chi connectivity index (χ3n) is 6.58. The molecule has 28 heavy (non-hydrogen) atoms. The van der Waals surface area contributed by atoms with E-state index in [1.807, 2.05) is 0 Å². The zero-order valence-corrected chi connectivity index (χ0v) is 16.7. The average molecular weight is 384 g/mol. The Morgan fingerprint density at radius 1 is 1.00 bits per heavy atom. The minimum Gasteiger partial charge on any atom is -0.424 e. The summed E-state index contributed by atoms with van der Waals surface area (Å²) in [6.07, 6.45) is 3.64. The number of aryl methyl sites for hydroxylation is 1. The number of anilines is 1. The van der Waals surface area contributed by atoms with E-state index in [4.69, 9.17) is 9.15 Å². The van der Waals surface area contributed by atoms with Gasteiger partial charge in [-0.3, -0.25) is 4.90 Å². The van der Waals surface area contributed by atoms with E-state index >= 15 is 0 Å². The highest BCUT2D eigenvalue weighted by molar-refractivity contribution is 5.48. The molecule has 0 aromatic carbocycles. The summed E-state index contributed by atoms with van der Waals surface area (Å²) in [6, 6.07) is 0. The Bertz CT molecular complexity index is 820. The van der Waals surface area contributed by atoms with Gasteiger partial charge in [0.15, 0.2) is 0 Å². The lowest BCUT2D eigenvalue weighted by Crippen LogP contribution is -2.29. The number of ether oxygens (including phenoxy) is 1. The molecule has 2 unspecified atom stereocenters. The zero-order chi connectivity index (χ0) is 19.1. The van der Waals surface area contributed by atoms with Gasteiger partial charge in [0.1, 0.15) is 12.1 Å². The van der Waals surface area contributed by atoms with Crippen molar-refractivity contribution in [1.82, 2.24) is 25.1 Å². The largest absolute Gasteiger partial charge is 0.424 e. The standard InChI is InChI=1S/C20H28N6O2/c1-13-14(2)21-12-22-19(13)26-9-16-7-25(8-17(16)10-26)11-18-23-24-20(28-18)15-3-5-27-6-4-15/h12,15-17H,3-11H2,1-2H3. The molecule has 5 rings (SSSR count). The van der Waals surface area contributed by atoms with Crippen LogP contribution in [0.15, 0.2) is 10.7 Å². The first-order valence-corrected chi connectivity index (χ1v) is 10.3. The highest BCUT2D eigenvalue weighted by Gasteiger charge is 2.41. The number of aromatic nitrogens is 4. The Morgan fingerprint density at radius 2 is 1.75 bits per heavy atom. The van der Waals surface area contributed by atoms with Crippen LogP contribution in [0, 0.1) is 25.7 Å². The van der Waals surface area contributed by atoms with Gasteiger partial charge in [-0.15, -0.1) is 10.2 Å². The molecule has 2 aromatic heterocycles. The topological polar surface area (TPSA) is 80.4 Å². The molecule has 3 fully saturated rings. The predicted octanol–water partition coefficient (Wildman–Crippen LogP) is 1.94. The van der Waals surface area contributed by atoms with Crippen molar-refractivity contribution in [2.24, 2.45) is 11.8 Å². The molecule has 2 aromatic rings. The summed E-state index contributed by atoms with van der Waals surface area (Å²) in [5.41, 5.74) is 2.27. The maximum Gasteiger partial charge on any atom is 0.230 e. The van der Waals surface area contributed by atoms with Crippen molar-refractivity contribution < 1.29 is 9.15 Å². The molecular formula is C20H28N6O2. The van der Waals surface area contributed by atoms with Crippen molar-refractivity contribution in [3.8, 4) is 0 Å². The monoisotopic (exact) mass is 384 g/mol. The fourth-order valence-corrected chi connectivity index (χ4v) is 4.87. The van der Waals surface area contributed by atoms with Crippen molar-refractivity contribution >= 4 is 5.82 Å². The first-order valence-electron chi connectivity index (χ1n) is 10.3. The first kappa shape index (κ1) is 18.0. The molecular weight excluding hydrogens is 356 g/mol. The number of nitrogens with zero attached hydrogens (tertiary/aromatic N) is 6. The Balaban J connectivity index is 1.18. The van der Waals surface area contributed by atoms with Crippen LogP contribution in [0.5, 0.6) is 0 Å². The van der Waals surface area contributed by atoms with Crippen LogP contribution in [0.25, 0.3) is 0 Å². The van der Waals surface area contributed by atoms with Gasteiger partial charge in [0.2, 0.25) is 11.8 Å². The molecule has 0 N–H and O–H groups in total. The molecule has 3 aliphatic rings. The zero-order valence-electron chi connectivity index (χ0n) is 16.7. The number of rotatable bonds is 4. The molecule has 150 valence electrons. The first-order chi connectivity index (χ1) is 13.7. The highest BCUT2D eigenvalue weighted by atomic mass is 16.5. The molecule has 0 spiro atoms. The summed E-state index contributed by atoms with van der Waals surface area (Å²) in [7, 11) is 0. The predicted molar refractivity (Wildman–Crippen MR) is 103 cm³/mol. The van der Waals surface area contributed by atoms with E-state index in [2.05, 4.69) is 43.8 Å². The minimum atomic E-state index is 0.362. The fraction of sp³-hybridized carbons (Fsp3) is 0.700. The van der Waals surface area contributed by atoms with E-state index < -0.39 is 0 Å². The van der Waals surface area contributed by atoms with Gasteiger partial charge >= 0.3 is 0 Å². The molecule has 5 heterocycles. The molecule has 0 radical (unpaired) electrons. The summed E-state index contributed by atoms with van der Waals surface area (Å²) < 4.78 is 11.4. The summed E-state index contributed by atoms with van der Waals surface area (Å²) in [4.78, 5) is 13.7. The Kier molecular flexibility index (Phi) is 4.76. The normalized spacial score (nSPS) is 26.1. The summed E-state index contributed by atoms with van der Waals surface area (Å²) in [5.74, 6) is 4.35. The van der Waals surface area contributed by atoms with Gasteiger partial charge in [0.25, 0.3) is 0 Å². The lowest BCUT2D eigenvalue weighted by atomic mass is 10.0. The summed E-state index contributed by atoms with van der Waals surface area (Å²) in [6.45, 7) is 10.8. The van der Waals surface area contributed by atoms with Crippen LogP contribution in [0.3, 0.4) is 0 Å². The van der Waals surface area contributed by atoms with Gasteiger partial charge in [-0.05, 0) is 38.5 Å². The second-order valence-electron chi connectivity index (χ2n) is 8.45. The summed E-state index contributed by atoms with van der Waals surface area (Å²) in [5, 5.41) is 8.61.